The molecule has 2 N–H and O–H groups in total. The van der Waals surface area contributed by atoms with Crippen molar-refractivity contribution in [2.24, 2.45) is 0 Å². The summed E-state index contributed by atoms with van der Waals surface area (Å²) in [7, 11) is 0. The highest BCUT2D eigenvalue weighted by Gasteiger charge is 2.19. The predicted octanol–water partition coefficient (Wildman–Crippen LogP) is 0.831. The normalized spacial score (nSPS) is 22.5. The summed E-state index contributed by atoms with van der Waals surface area (Å²) in [5.74, 6) is 0. The number of hydrogen-bond donors (Lipinski definition) is 2. The van der Waals surface area contributed by atoms with Gasteiger partial charge in [0.05, 0.1) is 6.61 Å². The second-order valence-electron chi connectivity index (χ2n) is 4.16. The molecule has 1 aliphatic heterocycles. The number of aliphatic hydroxyl groups is 1. The molecule has 0 radical (unpaired) electrons. The Kier molecular flexibility index (Phi) is 5.45. The number of nitrogens with zero attached hydrogens (tertiary/aromatic N) is 1. The first kappa shape index (κ1) is 12.0. The van der Waals surface area contributed by atoms with E-state index in [0.717, 1.165) is 6.42 Å². The number of likely N-dealkylation sites (tertiary alicyclic amines) is 1. The van der Waals surface area contributed by atoms with E-state index < -0.39 is 0 Å². The van der Waals surface area contributed by atoms with E-state index in [1.54, 1.807) is 0 Å². The van der Waals surface area contributed by atoms with Crippen LogP contribution in [0.5, 0.6) is 0 Å². The molecule has 0 aromatic rings. The first-order chi connectivity index (χ1) is 6.80. The Morgan fingerprint density at radius 3 is 2.43 bits per heavy atom. The zero-order chi connectivity index (χ0) is 10.4. The van der Waals surface area contributed by atoms with Gasteiger partial charge in [-0.15, -0.1) is 0 Å². The Morgan fingerprint density at radius 1 is 1.36 bits per heavy atom. The molecule has 0 bridgehead atoms. The molecule has 1 atom stereocenters. The van der Waals surface area contributed by atoms with Gasteiger partial charge in [0.15, 0.2) is 0 Å². The monoisotopic (exact) mass is 200 g/mol. The van der Waals surface area contributed by atoms with Gasteiger partial charge in [0.1, 0.15) is 0 Å². The van der Waals surface area contributed by atoms with Crippen molar-refractivity contribution in [3.05, 3.63) is 0 Å². The molecule has 0 amide bonds. The molecule has 0 saturated carbocycles. The molecule has 1 rings (SSSR count). The molecule has 0 aliphatic carbocycles. The molecule has 1 heterocycles. The van der Waals surface area contributed by atoms with Crippen LogP contribution in [0, 0.1) is 0 Å². The maximum Gasteiger partial charge on any atom is 0.0584 e. The van der Waals surface area contributed by atoms with E-state index in [1.807, 2.05) is 0 Å². The van der Waals surface area contributed by atoms with Gasteiger partial charge in [-0.2, -0.15) is 0 Å². The minimum Gasteiger partial charge on any atom is -0.395 e. The van der Waals surface area contributed by atoms with Gasteiger partial charge in [0.25, 0.3) is 0 Å². The maximum absolute atomic E-state index is 9.08. The molecule has 0 aromatic heterocycles. The smallest absolute Gasteiger partial charge is 0.0584 e. The molecule has 3 heteroatoms. The van der Waals surface area contributed by atoms with Crippen LogP contribution in [0.25, 0.3) is 0 Å². The lowest BCUT2D eigenvalue weighted by Gasteiger charge is -2.33. The van der Waals surface area contributed by atoms with Crippen LogP contribution in [0.1, 0.15) is 33.1 Å². The lowest BCUT2D eigenvalue weighted by Crippen LogP contribution is -2.47. The van der Waals surface area contributed by atoms with E-state index in [9.17, 15) is 0 Å². The maximum atomic E-state index is 9.08. The largest absolute Gasteiger partial charge is 0.395 e. The molecular weight excluding hydrogens is 176 g/mol. The number of hydrogen-bond acceptors (Lipinski definition) is 3. The summed E-state index contributed by atoms with van der Waals surface area (Å²) >= 11 is 0. The quantitative estimate of drug-likeness (QED) is 0.690. The Balaban J connectivity index is 2.21. The Bertz CT molecular complexity index is 140. The van der Waals surface area contributed by atoms with Crippen molar-refractivity contribution in [1.29, 1.82) is 0 Å². The topological polar surface area (TPSA) is 35.5 Å². The summed E-state index contributed by atoms with van der Waals surface area (Å²) in [4.78, 5) is 2.48. The standard InChI is InChI=1S/C11H24N2O/c1-3-10(9-14)12-11-5-7-13(4-2)8-6-11/h10-12,14H,3-9H2,1-2H3. The first-order valence-corrected chi connectivity index (χ1v) is 5.89. The Morgan fingerprint density at radius 2 is 2.00 bits per heavy atom. The summed E-state index contributed by atoms with van der Waals surface area (Å²) in [6.45, 7) is 8.19. The van der Waals surface area contributed by atoms with Crippen molar-refractivity contribution in [3.8, 4) is 0 Å². The van der Waals surface area contributed by atoms with Crippen LogP contribution in [0.3, 0.4) is 0 Å². The summed E-state index contributed by atoms with van der Waals surface area (Å²) in [6, 6.07) is 0.920. The van der Waals surface area contributed by atoms with E-state index in [1.165, 1.54) is 32.5 Å². The van der Waals surface area contributed by atoms with E-state index in [0.29, 0.717) is 12.1 Å². The molecule has 1 aliphatic rings. The lowest BCUT2D eigenvalue weighted by atomic mass is 10.0. The number of nitrogens with one attached hydrogen (secondary N) is 1. The van der Waals surface area contributed by atoms with Gasteiger partial charge in [-0.3, -0.25) is 0 Å². The van der Waals surface area contributed by atoms with Crippen molar-refractivity contribution in [1.82, 2.24) is 10.2 Å². The molecule has 1 fully saturated rings. The van der Waals surface area contributed by atoms with E-state index in [2.05, 4.69) is 24.1 Å². The van der Waals surface area contributed by atoms with Crippen molar-refractivity contribution >= 4 is 0 Å². The number of piperidine rings is 1. The van der Waals surface area contributed by atoms with Crippen LogP contribution in [0.15, 0.2) is 0 Å². The van der Waals surface area contributed by atoms with Gasteiger partial charge in [-0.25, -0.2) is 0 Å². The van der Waals surface area contributed by atoms with E-state index in [-0.39, 0.29) is 6.61 Å². The lowest BCUT2D eigenvalue weighted by molar-refractivity contribution is 0.174. The van der Waals surface area contributed by atoms with Gasteiger partial charge < -0.3 is 15.3 Å². The molecule has 1 unspecified atom stereocenters. The molecule has 0 spiro atoms. The average molecular weight is 200 g/mol. The predicted molar refractivity (Wildman–Crippen MR) is 59.4 cm³/mol. The third-order valence-electron chi connectivity index (χ3n) is 3.22. The summed E-state index contributed by atoms with van der Waals surface area (Å²) in [5.41, 5.74) is 0. The van der Waals surface area contributed by atoms with Crippen molar-refractivity contribution in [2.75, 3.05) is 26.2 Å². The van der Waals surface area contributed by atoms with Crippen LogP contribution >= 0.6 is 0 Å². The summed E-state index contributed by atoms with van der Waals surface area (Å²) in [6.07, 6.45) is 3.47. The highest BCUT2D eigenvalue weighted by molar-refractivity contribution is 4.79. The van der Waals surface area contributed by atoms with Crippen molar-refractivity contribution in [2.45, 2.75) is 45.2 Å². The number of rotatable bonds is 5. The van der Waals surface area contributed by atoms with Gasteiger partial charge >= 0.3 is 0 Å². The fourth-order valence-electron chi connectivity index (χ4n) is 2.05. The number of aliphatic hydroxyl groups excluding tert-OH is 1. The second-order valence-corrected chi connectivity index (χ2v) is 4.16. The molecular formula is C11H24N2O. The van der Waals surface area contributed by atoms with Gasteiger partial charge in [-0.05, 0) is 38.9 Å². The van der Waals surface area contributed by atoms with E-state index in [4.69, 9.17) is 5.11 Å². The molecule has 14 heavy (non-hydrogen) atoms. The van der Waals surface area contributed by atoms with Crippen LogP contribution in [0.4, 0.5) is 0 Å². The van der Waals surface area contributed by atoms with Crippen LogP contribution in [0.2, 0.25) is 0 Å². The fraction of sp³-hybridized carbons (Fsp3) is 1.00. The average Bonchev–Trinajstić information content (AvgIpc) is 2.26. The summed E-state index contributed by atoms with van der Waals surface area (Å²) in [5, 5.41) is 12.6. The van der Waals surface area contributed by atoms with Gasteiger partial charge in [0.2, 0.25) is 0 Å². The third kappa shape index (κ3) is 3.56. The third-order valence-corrected chi connectivity index (χ3v) is 3.22. The highest BCUT2D eigenvalue weighted by Crippen LogP contribution is 2.10. The zero-order valence-corrected chi connectivity index (χ0v) is 9.50. The Hall–Kier alpha value is -0.120. The van der Waals surface area contributed by atoms with Gasteiger partial charge in [0, 0.05) is 12.1 Å². The van der Waals surface area contributed by atoms with Crippen LogP contribution in [-0.4, -0.2) is 48.3 Å². The van der Waals surface area contributed by atoms with Crippen LogP contribution in [-0.2, 0) is 0 Å². The Labute approximate surface area is 87.5 Å². The van der Waals surface area contributed by atoms with E-state index >= 15 is 0 Å². The summed E-state index contributed by atoms with van der Waals surface area (Å²) < 4.78 is 0. The highest BCUT2D eigenvalue weighted by atomic mass is 16.3. The van der Waals surface area contributed by atoms with Crippen molar-refractivity contribution < 1.29 is 5.11 Å². The SMILES string of the molecule is CCC(CO)NC1CCN(CC)CC1. The second kappa shape index (κ2) is 6.38. The molecule has 0 aromatic carbocycles. The zero-order valence-electron chi connectivity index (χ0n) is 9.50. The molecule has 3 nitrogen and oxygen atoms in total. The molecule has 1 saturated heterocycles. The molecule has 84 valence electrons. The fourth-order valence-corrected chi connectivity index (χ4v) is 2.05. The van der Waals surface area contributed by atoms with Crippen molar-refractivity contribution in [3.63, 3.8) is 0 Å². The minimum atomic E-state index is 0.268. The first-order valence-electron chi connectivity index (χ1n) is 5.89. The van der Waals surface area contributed by atoms with Gasteiger partial charge in [-0.1, -0.05) is 13.8 Å². The van der Waals surface area contributed by atoms with Crippen LogP contribution < -0.4 is 5.32 Å². The minimum absolute atomic E-state index is 0.268.